The van der Waals surface area contributed by atoms with Gasteiger partial charge in [-0.1, -0.05) is 43.7 Å². The zero-order valence-electron chi connectivity index (χ0n) is 15.6. The molecule has 0 aliphatic rings. The number of benzene rings is 1. The number of aromatic nitrogens is 3. The molecule has 0 radical (unpaired) electrons. The maximum atomic E-state index is 12.2. The van der Waals surface area contributed by atoms with Gasteiger partial charge >= 0.3 is 0 Å². The third-order valence-corrected chi connectivity index (χ3v) is 4.05. The van der Waals surface area contributed by atoms with Gasteiger partial charge in [0.2, 0.25) is 17.7 Å². The fourth-order valence-electron chi connectivity index (χ4n) is 2.60. The van der Waals surface area contributed by atoms with Gasteiger partial charge in [0.25, 0.3) is 5.56 Å². The van der Waals surface area contributed by atoms with Crippen molar-refractivity contribution in [3.63, 3.8) is 0 Å². The summed E-state index contributed by atoms with van der Waals surface area (Å²) in [5.74, 6) is 0.722. The molecule has 3 aromatic rings. The van der Waals surface area contributed by atoms with Crippen LogP contribution in [0.4, 0.5) is 0 Å². The molecule has 7 heteroatoms. The topological polar surface area (TPSA) is 90.0 Å². The minimum Gasteiger partial charge on any atom is -0.420 e. The Labute approximate surface area is 157 Å². The summed E-state index contributed by atoms with van der Waals surface area (Å²) in [4.78, 5) is 24.3. The van der Waals surface area contributed by atoms with Gasteiger partial charge in [-0.2, -0.15) is 0 Å². The van der Waals surface area contributed by atoms with Gasteiger partial charge in [-0.15, -0.1) is 10.2 Å². The largest absolute Gasteiger partial charge is 0.420 e. The second-order valence-corrected chi connectivity index (χ2v) is 6.75. The predicted octanol–water partition coefficient (Wildman–Crippen LogP) is 2.65. The van der Waals surface area contributed by atoms with Crippen LogP contribution in [0.3, 0.4) is 0 Å². The third kappa shape index (κ3) is 4.69. The molecule has 0 spiro atoms. The smallest absolute Gasteiger partial charge is 0.251 e. The van der Waals surface area contributed by atoms with E-state index in [9.17, 15) is 9.59 Å². The summed E-state index contributed by atoms with van der Waals surface area (Å²) in [6.07, 6.45) is 1.56. The number of nitrogens with one attached hydrogen (secondary N) is 1. The average Bonchev–Trinajstić information content (AvgIpc) is 3.12. The van der Waals surface area contributed by atoms with E-state index in [0.29, 0.717) is 23.9 Å². The van der Waals surface area contributed by atoms with Crippen molar-refractivity contribution in [3.8, 4) is 11.5 Å². The van der Waals surface area contributed by atoms with Crippen LogP contribution in [0.25, 0.3) is 11.5 Å². The van der Waals surface area contributed by atoms with Gasteiger partial charge < -0.3 is 14.3 Å². The predicted molar refractivity (Wildman–Crippen MR) is 101 cm³/mol. The van der Waals surface area contributed by atoms with Crippen molar-refractivity contribution < 1.29 is 9.21 Å². The van der Waals surface area contributed by atoms with E-state index in [2.05, 4.69) is 15.5 Å². The van der Waals surface area contributed by atoms with E-state index in [0.717, 1.165) is 11.1 Å². The molecule has 2 heterocycles. The van der Waals surface area contributed by atoms with Gasteiger partial charge in [0, 0.05) is 24.7 Å². The molecule has 1 amide bonds. The molecule has 0 atom stereocenters. The molecule has 0 fully saturated rings. The van der Waals surface area contributed by atoms with Crippen LogP contribution in [0.1, 0.15) is 36.8 Å². The molecule has 0 saturated heterocycles. The van der Waals surface area contributed by atoms with Crippen LogP contribution in [0.15, 0.2) is 51.8 Å². The van der Waals surface area contributed by atoms with Crippen molar-refractivity contribution >= 4 is 5.91 Å². The van der Waals surface area contributed by atoms with Crippen molar-refractivity contribution in [2.24, 2.45) is 0 Å². The van der Waals surface area contributed by atoms with Crippen molar-refractivity contribution in [2.75, 3.05) is 0 Å². The van der Waals surface area contributed by atoms with E-state index in [4.69, 9.17) is 4.42 Å². The third-order valence-electron chi connectivity index (χ3n) is 4.05. The number of rotatable bonds is 6. The van der Waals surface area contributed by atoms with Crippen molar-refractivity contribution in [1.82, 2.24) is 20.1 Å². The minimum atomic E-state index is -0.270. The number of hydrogen-bond acceptors (Lipinski definition) is 5. The number of hydrogen-bond donors (Lipinski definition) is 1. The van der Waals surface area contributed by atoms with Gasteiger partial charge in [-0.25, -0.2) is 0 Å². The first-order valence-corrected chi connectivity index (χ1v) is 8.79. The summed E-state index contributed by atoms with van der Waals surface area (Å²) in [6.45, 7) is 6.24. The summed E-state index contributed by atoms with van der Waals surface area (Å²) in [6, 6.07) is 10.9. The van der Waals surface area contributed by atoms with E-state index >= 15 is 0 Å². The van der Waals surface area contributed by atoms with Gasteiger partial charge in [-0.3, -0.25) is 9.59 Å². The molecule has 1 N–H and O–H groups in total. The Bertz CT molecular complexity index is 1000. The zero-order chi connectivity index (χ0) is 19.4. The lowest BCUT2D eigenvalue weighted by Crippen LogP contribution is -2.31. The molecule has 0 unspecified atom stereocenters. The number of pyridine rings is 1. The second-order valence-electron chi connectivity index (χ2n) is 6.75. The number of carbonyl (C=O) groups is 1. The van der Waals surface area contributed by atoms with E-state index < -0.39 is 0 Å². The highest BCUT2D eigenvalue weighted by atomic mass is 16.4. The van der Waals surface area contributed by atoms with Gasteiger partial charge in [0.1, 0.15) is 6.54 Å². The Balaban J connectivity index is 1.70. The minimum absolute atomic E-state index is 0.0797. The fraction of sp³-hybridized carbons (Fsp3) is 0.300. The molecule has 0 aliphatic heterocycles. The van der Waals surface area contributed by atoms with Crippen LogP contribution in [-0.2, 0) is 17.9 Å². The average molecular weight is 366 g/mol. The summed E-state index contributed by atoms with van der Waals surface area (Å²) in [7, 11) is 0. The van der Waals surface area contributed by atoms with Crippen molar-refractivity contribution in [2.45, 2.75) is 39.8 Å². The highest BCUT2D eigenvalue weighted by Crippen LogP contribution is 2.20. The normalized spacial score (nSPS) is 11.0. The molecule has 1 aromatic carbocycles. The van der Waals surface area contributed by atoms with Gasteiger partial charge in [0.15, 0.2) is 0 Å². The first-order chi connectivity index (χ1) is 12.9. The highest BCUT2D eigenvalue weighted by molar-refractivity contribution is 5.75. The zero-order valence-corrected chi connectivity index (χ0v) is 15.6. The quantitative estimate of drug-likeness (QED) is 0.724. The summed E-state index contributed by atoms with van der Waals surface area (Å²) in [5.41, 5.74) is 2.47. The van der Waals surface area contributed by atoms with Gasteiger partial charge in [0.05, 0.1) is 5.56 Å². The summed E-state index contributed by atoms with van der Waals surface area (Å²) in [5, 5.41) is 10.8. The molecule has 27 heavy (non-hydrogen) atoms. The van der Waals surface area contributed by atoms with Crippen LogP contribution < -0.4 is 10.9 Å². The molecule has 0 bridgehead atoms. The van der Waals surface area contributed by atoms with E-state index in [1.807, 2.05) is 45.0 Å². The molecule has 140 valence electrons. The summed E-state index contributed by atoms with van der Waals surface area (Å²) < 4.78 is 6.94. The molecule has 0 aliphatic carbocycles. The van der Waals surface area contributed by atoms with Crippen LogP contribution in [-0.4, -0.2) is 20.7 Å². The number of carbonyl (C=O) groups excluding carboxylic acids is 1. The Hall–Kier alpha value is -3.22. The van der Waals surface area contributed by atoms with E-state index in [1.54, 1.807) is 12.3 Å². The lowest BCUT2D eigenvalue weighted by Gasteiger charge is -2.09. The number of amides is 1. The monoisotopic (exact) mass is 366 g/mol. The molecule has 7 nitrogen and oxygen atoms in total. The first kappa shape index (κ1) is 18.6. The highest BCUT2D eigenvalue weighted by Gasteiger charge is 2.13. The SMILES string of the molecule is Cc1cccc(CNC(=O)Cn2cc(-c3nnc(C(C)C)o3)ccc2=O)c1. The molecule has 0 saturated carbocycles. The second kappa shape index (κ2) is 7.99. The lowest BCUT2D eigenvalue weighted by molar-refractivity contribution is -0.121. The van der Waals surface area contributed by atoms with E-state index in [1.165, 1.54) is 10.6 Å². The van der Waals surface area contributed by atoms with Crippen LogP contribution in [0.2, 0.25) is 0 Å². The maximum absolute atomic E-state index is 12.2. The molecular weight excluding hydrogens is 344 g/mol. The van der Waals surface area contributed by atoms with Gasteiger partial charge in [-0.05, 0) is 18.6 Å². The fourth-order valence-corrected chi connectivity index (χ4v) is 2.60. The van der Waals surface area contributed by atoms with Crippen LogP contribution in [0, 0.1) is 6.92 Å². The van der Waals surface area contributed by atoms with E-state index in [-0.39, 0.29) is 23.9 Å². The van der Waals surface area contributed by atoms with Crippen LogP contribution >= 0.6 is 0 Å². The maximum Gasteiger partial charge on any atom is 0.251 e. The number of nitrogens with zero attached hydrogens (tertiary/aromatic N) is 3. The Morgan fingerprint density at radius 1 is 1.22 bits per heavy atom. The molecule has 3 rings (SSSR count). The molecule has 2 aromatic heterocycles. The molecular formula is C20H22N4O3. The first-order valence-electron chi connectivity index (χ1n) is 8.79. The Kier molecular flexibility index (Phi) is 5.49. The lowest BCUT2D eigenvalue weighted by atomic mass is 10.1. The number of aryl methyl sites for hydroxylation is 1. The van der Waals surface area contributed by atoms with Crippen molar-refractivity contribution in [1.29, 1.82) is 0 Å². The van der Waals surface area contributed by atoms with Crippen molar-refractivity contribution in [3.05, 3.63) is 70.0 Å². The Morgan fingerprint density at radius 2 is 2.04 bits per heavy atom. The van der Waals surface area contributed by atoms with Crippen LogP contribution in [0.5, 0.6) is 0 Å². The summed E-state index contributed by atoms with van der Waals surface area (Å²) >= 11 is 0. The standard InChI is InChI=1S/C20H22N4O3/c1-13(2)19-22-23-20(27-19)16-7-8-18(26)24(11-16)12-17(25)21-10-15-6-4-5-14(3)9-15/h4-9,11,13H,10,12H2,1-3H3,(H,21,25). The Morgan fingerprint density at radius 3 is 2.74 bits per heavy atom.